The third kappa shape index (κ3) is 4.50. The molecule has 0 bridgehead atoms. The summed E-state index contributed by atoms with van der Waals surface area (Å²) in [5.74, 6) is 0. The second-order valence-electron chi connectivity index (χ2n) is 5.67. The fourth-order valence-electron chi connectivity index (χ4n) is 1.50. The summed E-state index contributed by atoms with van der Waals surface area (Å²) in [7, 11) is -1.60. The van der Waals surface area contributed by atoms with Crippen LogP contribution in [0.15, 0.2) is 5.28 Å². The second-order valence-corrected chi connectivity index (χ2v) is 7.65. The number of hydrogen-bond donors (Lipinski definition) is 0. The molecule has 1 aliphatic rings. The molecule has 0 spiro atoms. The van der Waals surface area contributed by atoms with E-state index in [2.05, 4.69) is 5.28 Å². The lowest BCUT2D eigenvalue weighted by Crippen LogP contribution is -2.42. The predicted octanol–water partition coefficient (Wildman–Crippen LogP) is 0.560. The highest BCUT2D eigenvalue weighted by atomic mass is 32.2. The van der Waals surface area contributed by atoms with Crippen LogP contribution in [0.5, 0.6) is 0 Å². The molecule has 1 fully saturated rings. The monoisotopic (exact) mass is 294 g/mol. The molecule has 0 amide bonds. The van der Waals surface area contributed by atoms with E-state index in [1.807, 2.05) is 20.8 Å². The summed E-state index contributed by atoms with van der Waals surface area (Å²) in [5.41, 5.74) is -0.372. The van der Waals surface area contributed by atoms with Gasteiger partial charge in [-0.15, -0.1) is 5.01 Å². The van der Waals surface area contributed by atoms with Crippen LogP contribution in [0.3, 0.4) is 0 Å². The van der Waals surface area contributed by atoms with E-state index in [0.717, 1.165) is 6.26 Å². The van der Waals surface area contributed by atoms with E-state index in [4.69, 9.17) is 4.84 Å². The lowest BCUT2D eigenvalue weighted by atomic mass is 10.1. The first-order chi connectivity index (χ1) is 8.51. The molecule has 9 heteroatoms. The fourth-order valence-corrected chi connectivity index (χ4v) is 2.38. The molecule has 0 saturated carbocycles. The van der Waals surface area contributed by atoms with Gasteiger partial charge in [0.25, 0.3) is 0 Å². The summed E-state index contributed by atoms with van der Waals surface area (Å²) in [6, 6.07) is 0. The maximum Gasteiger partial charge on any atom is 0.233 e. The molecule has 0 aromatic rings. The van der Waals surface area contributed by atoms with Crippen LogP contribution in [0.1, 0.15) is 27.2 Å². The van der Waals surface area contributed by atoms with Crippen LogP contribution in [0.25, 0.3) is 0 Å². The normalized spacial score (nSPS) is 22.6. The van der Waals surface area contributed by atoms with Crippen molar-refractivity contribution in [1.82, 2.24) is 9.31 Å². The highest BCUT2D eigenvalue weighted by Gasteiger charge is 2.31. The number of rotatable bonds is 4. The summed E-state index contributed by atoms with van der Waals surface area (Å²) in [6.45, 7) is 6.24. The van der Waals surface area contributed by atoms with Crippen molar-refractivity contribution in [3.8, 4) is 0 Å². The minimum atomic E-state index is -3.20. The molecule has 1 aliphatic heterocycles. The van der Waals surface area contributed by atoms with Crippen molar-refractivity contribution < 1.29 is 18.2 Å². The van der Waals surface area contributed by atoms with Gasteiger partial charge in [-0.3, -0.25) is 0 Å². The van der Waals surface area contributed by atoms with Gasteiger partial charge in [-0.25, -0.2) is 8.42 Å². The van der Waals surface area contributed by atoms with Gasteiger partial charge in [0.15, 0.2) is 0 Å². The molecular formula is C10H22N4O4S. The number of hydrazine groups is 1. The fraction of sp³-hybridized carbons (Fsp3) is 1.00. The highest BCUT2D eigenvalue weighted by Crippen LogP contribution is 2.16. The van der Waals surface area contributed by atoms with E-state index >= 15 is 0 Å². The smallest absolute Gasteiger partial charge is 0.233 e. The minimum absolute atomic E-state index is 0.232. The Labute approximate surface area is 114 Å². The van der Waals surface area contributed by atoms with E-state index in [0.29, 0.717) is 17.9 Å². The maximum absolute atomic E-state index is 11.6. The summed E-state index contributed by atoms with van der Waals surface area (Å²) in [4.78, 5) is 5.48. The van der Waals surface area contributed by atoms with Crippen molar-refractivity contribution in [1.29, 1.82) is 0 Å². The predicted molar refractivity (Wildman–Crippen MR) is 69.5 cm³/mol. The molecule has 1 saturated heterocycles. The molecule has 1 atom stereocenters. The van der Waals surface area contributed by atoms with Crippen molar-refractivity contribution >= 4 is 10.0 Å². The minimum Gasteiger partial charge on any atom is -0.569 e. The summed E-state index contributed by atoms with van der Waals surface area (Å²) in [6.07, 6.45) is 1.31. The van der Waals surface area contributed by atoms with Gasteiger partial charge in [-0.1, -0.05) is 0 Å². The Morgan fingerprint density at radius 3 is 2.47 bits per heavy atom. The Bertz CT molecular complexity index is 443. The largest absolute Gasteiger partial charge is 0.569 e. The van der Waals surface area contributed by atoms with Gasteiger partial charge in [0, 0.05) is 13.0 Å². The third-order valence-electron chi connectivity index (χ3n) is 3.07. The Balaban J connectivity index is 2.55. The molecular weight excluding hydrogens is 272 g/mol. The summed E-state index contributed by atoms with van der Waals surface area (Å²) in [5, 5.41) is 16.5. The van der Waals surface area contributed by atoms with E-state index in [1.54, 1.807) is 7.05 Å². The lowest BCUT2D eigenvalue weighted by Gasteiger charge is -2.26. The molecule has 8 nitrogen and oxygen atoms in total. The van der Waals surface area contributed by atoms with Gasteiger partial charge in [-0.2, -0.15) is 4.31 Å². The molecule has 112 valence electrons. The Morgan fingerprint density at radius 1 is 1.47 bits per heavy atom. The first-order valence-corrected chi connectivity index (χ1v) is 7.89. The van der Waals surface area contributed by atoms with E-state index in [9.17, 15) is 13.6 Å². The molecule has 1 rings (SSSR count). The molecule has 0 aromatic heterocycles. The first-order valence-electron chi connectivity index (χ1n) is 6.04. The van der Waals surface area contributed by atoms with Crippen molar-refractivity contribution in [2.75, 3.05) is 26.4 Å². The SMILES string of the molecule is CN(/[N+]([O-])=N\O[C@@H]1CCN(S(C)(=O)=O)C1)C(C)(C)C. The highest BCUT2D eigenvalue weighted by molar-refractivity contribution is 7.88. The second kappa shape index (κ2) is 5.49. The number of hydrogen-bond acceptors (Lipinski definition) is 5. The maximum atomic E-state index is 11.6. The van der Waals surface area contributed by atoms with E-state index in [1.165, 1.54) is 9.31 Å². The van der Waals surface area contributed by atoms with E-state index < -0.39 is 10.0 Å². The number of nitrogens with zero attached hydrogens (tertiary/aromatic N) is 4. The zero-order chi connectivity index (χ0) is 14.8. The van der Waals surface area contributed by atoms with Crippen molar-refractivity contribution in [2.24, 2.45) is 5.28 Å². The Morgan fingerprint density at radius 2 is 2.05 bits per heavy atom. The van der Waals surface area contributed by atoms with Gasteiger partial charge in [-0.05, 0) is 20.8 Å². The molecule has 1 heterocycles. The summed E-state index contributed by atoms with van der Waals surface area (Å²) >= 11 is 0. The van der Waals surface area contributed by atoms with Crippen LogP contribution in [-0.4, -0.2) is 60.7 Å². The first kappa shape index (κ1) is 16.0. The average Bonchev–Trinajstić information content (AvgIpc) is 2.71. The van der Waals surface area contributed by atoms with Gasteiger partial charge in [0.2, 0.25) is 15.3 Å². The van der Waals surface area contributed by atoms with Crippen LogP contribution in [0.2, 0.25) is 0 Å². The van der Waals surface area contributed by atoms with Gasteiger partial charge >= 0.3 is 0 Å². The third-order valence-corrected chi connectivity index (χ3v) is 4.34. The molecule has 0 aromatic carbocycles. The lowest BCUT2D eigenvalue weighted by molar-refractivity contribution is -0.720. The van der Waals surface area contributed by atoms with Crippen LogP contribution < -0.4 is 0 Å². The number of sulfonamides is 1. The van der Waals surface area contributed by atoms with Crippen LogP contribution in [0, 0.1) is 5.21 Å². The molecule has 0 N–H and O–H groups in total. The Hall–Kier alpha value is -1.09. The average molecular weight is 294 g/mol. The standard InChI is InChI=1S/C10H22N4O4S/c1-10(2,3)12(4)14(15)11-18-9-6-7-13(8-9)19(5,16)17/h9H,6-8H2,1-5H3/b14-11+/t9-/m1/s1. The van der Waals surface area contributed by atoms with Crippen molar-refractivity contribution in [3.05, 3.63) is 5.21 Å². The van der Waals surface area contributed by atoms with Crippen molar-refractivity contribution in [2.45, 2.75) is 38.8 Å². The Kier molecular flexibility index (Phi) is 4.62. The zero-order valence-electron chi connectivity index (χ0n) is 12.0. The molecule has 0 radical (unpaired) electrons. The van der Waals surface area contributed by atoms with Crippen LogP contribution in [0.4, 0.5) is 0 Å². The van der Waals surface area contributed by atoms with E-state index in [-0.39, 0.29) is 18.2 Å². The molecule has 0 aliphatic carbocycles. The zero-order valence-corrected chi connectivity index (χ0v) is 12.8. The van der Waals surface area contributed by atoms with Crippen LogP contribution >= 0.6 is 0 Å². The van der Waals surface area contributed by atoms with Crippen molar-refractivity contribution in [3.63, 3.8) is 0 Å². The summed E-state index contributed by atoms with van der Waals surface area (Å²) < 4.78 is 23.9. The molecule has 19 heavy (non-hydrogen) atoms. The van der Waals surface area contributed by atoms with Gasteiger partial charge < -0.3 is 10.0 Å². The topological polar surface area (TPSA) is 88.3 Å². The molecule has 0 unspecified atom stereocenters. The van der Waals surface area contributed by atoms with Gasteiger partial charge in [0.1, 0.15) is 6.10 Å². The van der Waals surface area contributed by atoms with Gasteiger partial charge in [0.05, 0.1) is 30.4 Å². The van der Waals surface area contributed by atoms with Crippen LogP contribution in [-0.2, 0) is 14.9 Å². The quantitative estimate of drug-likeness (QED) is 0.429.